The van der Waals surface area contributed by atoms with Crippen LogP contribution in [-0.2, 0) is 0 Å². The topological polar surface area (TPSA) is 52.1 Å². The molecule has 1 atom stereocenters. The highest BCUT2D eigenvalue weighted by atomic mass is 35.5. The fourth-order valence-electron chi connectivity index (χ4n) is 2.17. The van der Waals surface area contributed by atoms with Crippen LogP contribution >= 0.6 is 20.8 Å². The molecule has 0 aliphatic carbocycles. The van der Waals surface area contributed by atoms with E-state index in [1.54, 1.807) is 12.2 Å². The van der Waals surface area contributed by atoms with Gasteiger partial charge in [0.15, 0.2) is 5.15 Å². The molecule has 1 aromatic heterocycles. The summed E-state index contributed by atoms with van der Waals surface area (Å²) in [7, 11) is 2.38. The third-order valence-corrected chi connectivity index (χ3v) is 4.39. The molecule has 0 saturated carbocycles. The predicted molar refractivity (Wildman–Crippen MR) is 105 cm³/mol. The third kappa shape index (κ3) is 4.75. The number of ether oxygens (including phenoxy) is 1. The fourth-order valence-corrected chi connectivity index (χ4v) is 2.71. The van der Waals surface area contributed by atoms with E-state index >= 15 is 0 Å². The zero-order valence-corrected chi connectivity index (χ0v) is 16.6. The summed E-state index contributed by atoms with van der Waals surface area (Å²) in [6.45, 7) is 5.70. The van der Waals surface area contributed by atoms with Crippen LogP contribution < -0.4 is 10.0 Å². The summed E-state index contributed by atoms with van der Waals surface area (Å²) in [4.78, 5) is 20.9. The minimum absolute atomic E-state index is 0.0502. The van der Waals surface area contributed by atoms with Gasteiger partial charge in [0.1, 0.15) is 17.3 Å². The van der Waals surface area contributed by atoms with Gasteiger partial charge in [-0.1, -0.05) is 36.2 Å². The number of halogens is 2. The molecule has 26 heavy (non-hydrogen) atoms. The standard InChI is InChI=1S/C19H19ClFN2O2P/c1-4-6-13(11(3)5-2)18(24)17-19(20)23-16(10-22-17)25-14-8-7-12(21)9-15(14)26/h4,6-10H,5,26H2,1-3H3/b6-4-,13-11-. The van der Waals surface area contributed by atoms with Gasteiger partial charge >= 0.3 is 0 Å². The molecule has 1 aromatic carbocycles. The van der Waals surface area contributed by atoms with Crippen molar-refractivity contribution in [1.82, 2.24) is 9.97 Å². The summed E-state index contributed by atoms with van der Waals surface area (Å²) < 4.78 is 18.7. The van der Waals surface area contributed by atoms with Gasteiger partial charge in [-0.05, 0) is 38.5 Å². The number of ketones is 1. The van der Waals surface area contributed by atoms with Crippen LogP contribution in [0.5, 0.6) is 11.6 Å². The summed E-state index contributed by atoms with van der Waals surface area (Å²) >= 11 is 6.16. The molecule has 0 aliphatic heterocycles. The number of carbonyl (C=O) groups excluding carboxylic acids is 1. The molecule has 0 N–H and O–H groups in total. The largest absolute Gasteiger partial charge is 0.437 e. The SMILES string of the molecule is C/C=C\C(C(=O)c1ncc(Oc2ccc(F)cc2P)nc1Cl)=C(/C)CC. The number of nitrogens with zero attached hydrogens (tertiary/aromatic N) is 2. The molecule has 0 bridgehead atoms. The van der Waals surface area contributed by atoms with Crippen LogP contribution in [0.1, 0.15) is 37.7 Å². The molecule has 0 spiro atoms. The lowest BCUT2D eigenvalue weighted by atomic mass is 10.0. The molecule has 0 radical (unpaired) electrons. The first-order chi connectivity index (χ1) is 12.4. The van der Waals surface area contributed by atoms with E-state index in [0.29, 0.717) is 16.6 Å². The molecule has 0 saturated heterocycles. The van der Waals surface area contributed by atoms with E-state index in [1.165, 1.54) is 24.4 Å². The molecule has 0 aliphatic rings. The van der Waals surface area contributed by atoms with Crippen molar-refractivity contribution in [3.05, 3.63) is 64.4 Å². The fraction of sp³-hybridized carbons (Fsp3) is 0.211. The molecule has 0 fully saturated rings. The summed E-state index contributed by atoms with van der Waals surface area (Å²) in [5.74, 6) is -0.148. The van der Waals surface area contributed by atoms with Crippen LogP contribution in [0.3, 0.4) is 0 Å². The van der Waals surface area contributed by atoms with Crippen molar-refractivity contribution in [3.8, 4) is 11.6 Å². The molecule has 4 nitrogen and oxygen atoms in total. The predicted octanol–water partition coefficient (Wildman–Crippen LogP) is 5.05. The van der Waals surface area contributed by atoms with Crippen molar-refractivity contribution in [2.24, 2.45) is 0 Å². The second kappa shape index (κ2) is 9.02. The number of Topliss-reactive ketones (excluding diaryl/α,β-unsaturated/α-hetero) is 1. The molecule has 1 heterocycles. The molecule has 0 amide bonds. The van der Waals surface area contributed by atoms with Gasteiger partial charge in [0.2, 0.25) is 11.7 Å². The highest BCUT2D eigenvalue weighted by Gasteiger charge is 2.19. The molecule has 7 heteroatoms. The monoisotopic (exact) mass is 392 g/mol. The Kier molecular flexibility index (Phi) is 7.01. The zero-order valence-electron chi connectivity index (χ0n) is 14.7. The molecular formula is C19H19ClFN2O2P. The van der Waals surface area contributed by atoms with Gasteiger partial charge in [-0.15, -0.1) is 9.24 Å². The van der Waals surface area contributed by atoms with Crippen LogP contribution in [0.25, 0.3) is 0 Å². The van der Waals surface area contributed by atoms with Crippen molar-refractivity contribution in [3.63, 3.8) is 0 Å². The van der Waals surface area contributed by atoms with Crippen molar-refractivity contribution in [1.29, 1.82) is 0 Å². The van der Waals surface area contributed by atoms with E-state index in [4.69, 9.17) is 16.3 Å². The Morgan fingerprint density at radius 3 is 2.73 bits per heavy atom. The third-order valence-electron chi connectivity index (χ3n) is 3.68. The lowest BCUT2D eigenvalue weighted by Crippen LogP contribution is -2.09. The van der Waals surface area contributed by atoms with Gasteiger partial charge < -0.3 is 4.74 Å². The lowest BCUT2D eigenvalue weighted by Gasteiger charge is -2.10. The van der Waals surface area contributed by atoms with Crippen molar-refractivity contribution in [2.45, 2.75) is 27.2 Å². The number of benzene rings is 1. The van der Waals surface area contributed by atoms with Crippen LogP contribution in [0.4, 0.5) is 4.39 Å². The van der Waals surface area contributed by atoms with Gasteiger partial charge in [-0.3, -0.25) is 4.79 Å². The van der Waals surface area contributed by atoms with Crippen molar-refractivity contribution < 1.29 is 13.9 Å². The smallest absolute Gasteiger partial charge is 0.239 e. The Hall–Kier alpha value is -2.10. The second-order valence-corrected chi connectivity index (χ2v) is 6.49. The number of hydrogen-bond acceptors (Lipinski definition) is 4. The Balaban J connectivity index is 2.33. The van der Waals surface area contributed by atoms with E-state index in [0.717, 1.165) is 12.0 Å². The summed E-state index contributed by atoms with van der Waals surface area (Å²) in [5, 5.41) is 0.478. The quantitative estimate of drug-likeness (QED) is 0.299. The number of rotatable bonds is 6. The first-order valence-electron chi connectivity index (χ1n) is 7.99. The van der Waals surface area contributed by atoms with Gasteiger partial charge in [0, 0.05) is 10.9 Å². The van der Waals surface area contributed by atoms with Gasteiger partial charge in [0.05, 0.1) is 6.20 Å². The average molecular weight is 393 g/mol. The molecular weight excluding hydrogens is 374 g/mol. The maximum atomic E-state index is 13.2. The Labute approximate surface area is 159 Å². The van der Waals surface area contributed by atoms with Crippen molar-refractivity contribution >= 4 is 31.9 Å². The minimum atomic E-state index is -0.373. The van der Waals surface area contributed by atoms with E-state index in [2.05, 4.69) is 19.2 Å². The van der Waals surface area contributed by atoms with Gasteiger partial charge in [-0.25, -0.2) is 9.37 Å². The Morgan fingerprint density at radius 2 is 2.15 bits per heavy atom. The Morgan fingerprint density at radius 1 is 1.42 bits per heavy atom. The van der Waals surface area contributed by atoms with Crippen molar-refractivity contribution in [2.75, 3.05) is 0 Å². The molecule has 2 rings (SSSR count). The van der Waals surface area contributed by atoms with E-state index in [-0.39, 0.29) is 28.3 Å². The number of carbonyl (C=O) groups is 1. The number of allylic oxidation sites excluding steroid dienone is 4. The van der Waals surface area contributed by atoms with Crippen LogP contribution in [0.2, 0.25) is 5.15 Å². The maximum absolute atomic E-state index is 13.2. The van der Waals surface area contributed by atoms with Gasteiger partial charge in [-0.2, -0.15) is 4.98 Å². The summed E-state index contributed by atoms with van der Waals surface area (Å²) in [6, 6.07) is 4.07. The average Bonchev–Trinajstić information content (AvgIpc) is 2.61. The first kappa shape index (κ1) is 20.2. The van der Waals surface area contributed by atoms with Gasteiger partial charge in [0.25, 0.3) is 0 Å². The molecule has 136 valence electrons. The van der Waals surface area contributed by atoms with E-state index in [1.807, 2.05) is 20.8 Å². The first-order valence-corrected chi connectivity index (χ1v) is 8.95. The summed E-state index contributed by atoms with van der Waals surface area (Å²) in [5.41, 5.74) is 1.54. The number of aromatic nitrogens is 2. The molecule has 1 unspecified atom stereocenters. The highest BCUT2D eigenvalue weighted by Crippen LogP contribution is 2.24. The van der Waals surface area contributed by atoms with Crippen LogP contribution in [0.15, 0.2) is 47.7 Å². The highest BCUT2D eigenvalue weighted by molar-refractivity contribution is 7.27. The minimum Gasteiger partial charge on any atom is -0.437 e. The maximum Gasteiger partial charge on any atom is 0.239 e. The zero-order chi connectivity index (χ0) is 19.3. The van der Waals surface area contributed by atoms with E-state index < -0.39 is 0 Å². The Bertz CT molecular complexity index is 897. The number of hydrogen-bond donors (Lipinski definition) is 0. The van der Waals surface area contributed by atoms with Crippen LogP contribution in [-0.4, -0.2) is 15.8 Å². The van der Waals surface area contributed by atoms with Crippen LogP contribution in [0, 0.1) is 5.82 Å². The second-order valence-electron chi connectivity index (χ2n) is 5.51. The van der Waals surface area contributed by atoms with E-state index in [9.17, 15) is 9.18 Å². The lowest BCUT2D eigenvalue weighted by molar-refractivity contribution is 0.103. The normalized spacial score (nSPS) is 12.2. The molecule has 2 aromatic rings. The summed E-state index contributed by atoms with van der Waals surface area (Å²) in [6.07, 6.45) is 5.59.